The lowest BCUT2D eigenvalue weighted by molar-refractivity contribution is 1.28. The Morgan fingerprint density at radius 1 is 0.164 bits per heavy atom. The molecule has 55 heavy (non-hydrogen) atoms. The highest BCUT2D eigenvalue weighted by Gasteiger charge is 2.14. The third-order valence-electron chi connectivity index (χ3n) is 10.4. The first kappa shape index (κ1) is 33.6. The summed E-state index contributed by atoms with van der Waals surface area (Å²) in [5, 5.41) is 0. The average molecular weight is 702 g/mol. The van der Waals surface area contributed by atoms with Crippen molar-refractivity contribution in [2.75, 3.05) is 4.90 Å². The van der Waals surface area contributed by atoms with Gasteiger partial charge in [0.25, 0.3) is 0 Å². The molecule has 0 fully saturated rings. The monoisotopic (exact) mass is 701 g/mol. The molecule has 0 heterocycles. The SMILES string of the molecule is c1ccc(-c2ccc(-c3ccc(N(c4ccc(-c5ccccc5)cc4)c4ccc(-c5ccc(-c6ccccc6-c6ccccc6)cc5)cc4)cc3)cc2)cc1. The second kappa shape index (κ2) is 15.4. The summed E-state index contributed by atoms with van der Waals surface area (Å²) in [6.07, 6.45) is 0. The second-order valence-electron chi connectivity index (χ2n) is 13.8. The number of benzene rings is 9. The van der Waals surface area contributed by atoms with Crippen LogP contribution in [0.5, 0.6) is 0 Å². The van der Waals surface area contributed by atoms with Gasteiger partial charge in [0.2, 0.25) is 0 Å². The molecule has 0 aliphatic rings. The summed E-state index contributed by atoms with van der Waals surface area (Å²) >= 11 is 0. The molecule has 1 heteroatoms. The van der Waals surface area contributed by atoms with Crippen LogP contribution in [0.25, 0.3) is 66.8 Å². The molecule has 0 N–H and O–H groups in total. The van der Waals surface area contributed by atoms with Crippen molar-refractivity contribution in [2.24, 2.45) is 0 Å². The fourth-order valence-electron chi connectivity index (χ4n) is 7.42. The van der Waals surface area contributed by atoms with Gasteiger partial charge >= 0.3 is 0 Å². The molecule has 0 radical (unpaired) electrons. The predicted octanol–water partition coefficient (Wildman–Crippen LogP) is 15.2. The van der Waals surface area contributed by atoms with Crippen LogP contribution in [-0.2, 0) is 0 Å². The van der Waals surface area contributed by atoms with Gasteiger partial charge in [-0.05, 0) is 103 Å². The fraction of sp³-hybridized carbons (Fsp3) is 0. The molecule has 0 spiro atoms. The van der Waals surface area contributed by atoms with Gasteiger partial charge in [0.15, 0.2) is 0 Å². The van der Waals surface area contributed by atoms with Crippen LogP contribution >= 0.6 is 0 Å². The van der Waals surface area contributed by atoms with Crippen molar-refractivity contribution in [1.29, 1.82) is 0 Å². The molecule has 0 unspecified atom stereocenters. The summed E-state index contributed by atoms with van der Waals surface area (Å²) < 4.78 is 0. The molecule has 0 atom stereocenters. The van der Waals surface area contributed by atoms with E-state index in [2.05, 4.69) is 241 Å². The van der Waals surface area contributed by atoms with Crippen LogP contribution in [0, 0.1) is 0 Å². The van der Waals surface area contributed by atoms with Crippen LogP contribution in [0.4, 0.5) is 17.1 Å². The summed E-state index contributed by atoms with van der Waals surface area (Å²) in [7, 11) is 0. The van der Waals surface area contributed by atoms with Gasteiger partial charge < -0.3 is 4.90 Å². The van der Waals surface area contributed by atoms with Crippen LogP contribution in [0.2, 0.25) is 0 Å². The molecule has 0 saturated carbocycles. The van der Waals surface area contributed by atoms with Crippen molar-refractivity contribution >= 4 is 17.1 Å². The van der Waals surface area contributed by atoms with E-state index in [4.69, 9.17) is 0 Å². The molecule has 0 saturated heterocycles. The molecule has 9 aromatic carbocycles. The summed E-state index contributed by atoms with van der Waals surface area (Å²) in [4.78, 5) is 2.34. The standard InChI is InChI=1S/C54H39N/c1-4-12-40(13-5-1)42-20-22-43(23-21-42)46-30-36-51(37-31-46)55(50-34-28-45(29-35-50)41-14-6-2-7-15-41)52-38-32-47(33-39-52)44-24-26-49(27-25-44)54-19-11-10-18-53(54)48-16-8-3-9-17-48/h1-39H. The summed E-state index contributed by atoms with van der Waals surface area (Å²) in [6, 6.07) is 84.8. The van der Waals surface area contributed by atoms with Crippen LogP contribution in [0.15, 0.2) is 237 Å². The van der Waals surface area contributed by atoms with Gasteiger partial charge in [-0.1, -0.05) is 200 Å². The van der Waals surface area contributed by atoms with E-state index in [1.54, 1.807) is 0 Å². The van der Waals surface area contributed by atoms with Crippen LogP contribution in [0.1, 0.15) is 0 Å². The van der Waals surface area contributed by atoms with Crippen molar-refractivity contribution < 1.29 is 0 Å². The van der Waals surface area contributed by atoms with Crippen LogP contribution in [-0.4, -0.2) is 0 Å². The number of nitrogens with zero attached hydrogens (tertiary/aromatic N) is 1. The first-order valence-electron chi connectivity index (χ1n) is 18.8. The predicted molar refractivity (Wildman–Crippen MR) is 234 cm³/mol. The minimum Gasteiger partial charge on any atom is -0.311 e. The van der Waals surface area contributed by atoms with Crippen LogP contribution in [0.3, 0.4) is 0 Å². The van der Waals surface area contributed by atoms with Gasteiger partial charge in [-0.25, -0.2) is 0 Å². The minimum absolute atomic E-state index is 1.10. The van der Waals surface area contributed by atoms with Gasteiger partial charge in [-0.3, -0.25) is 0 Å². The van der Waals surface area contributed by atoms with E-state index in [1.807, 2.05) is 0 Å². The molecule has 1 nitrogen and oxygen atoms in total. The Balaban J connectivity index is 1.01. The lowest BCUT2D eigenvalue weighted by Gasteiger charge is -2.26. The number of hydrogen-bond donors (Lipinski definition) is 0. The zero-order chi connectivity index (χ0) is 36.8. The van der Waals surface area contributed by atoms with Crippen molar-refractivity contribution in [3.8, 4) is 66.8 Å². The van der Waals surface area contributed by atoms with Gasteiger partial charge in [0.05, 0.1) is 0 Å². The highest BCUT2D eigenvalue weighted by Crippen LogP contribution is 2.39. The highest BCUT2D eigenvalue weighted by molar-refractivity contribution is 5.85. The molecule has 0 bridgehead atoms. The summed E-state index contributed by atoms with van der Waals surface area (Å²) in [6.45, 7) is 0. The number of hydrogen-bond acceptors (Lipinski definition) is 1. The Kier molecular flexibility index (Phi) is 9.41. The number of rotatable bonds is 9. The van der Waals surface area contributed by atoms with Crippen LogP contribution < -0.4 is 4.90 Å². The Bertz CT molecular complexity index is 2610. The second-order valence-corrected chi connectivity index (χ2v) is 13.8. The fourth-order valence-corrected chi connectivity index (χ4v) is 7.42. The smallest absolute Gasteiger partial charge is 0.0462 e. The Morgan fingerprint density at radius 2 is 0.364 bits per heavy atom. The quantitative estimate of drug-likeness (QED) is 0.145. The first-order chi connectivity index (χ1) is 27.3. The highest BCUT2D eigenvalue weighted by atomic mass is 15.1. The maximum Gasteiger partial charge on any atom is 0.0462 e. The van der Waals surface area contributed by atoms with Crippen molar-refractivity contribution in [1.82, 2.24) is 0 Å². The van der Waals surface area contributed by atoms with E-state index >= 15 is 0 Å². The average Bonchev–Trinajstić information content (AvgIpc) is 3.28. The molecule has 0 aliphatic carbocycles. The molecule has 9 rings (SSSR count). The lowest BCUT2D eigenvalue weighted by Crippen LogP contribution is -2.09. The Hall–Kier alpha value is -7.22. The molecule has 0 amide bonds. The van der Waals surface area contributed by atoms with Crippen molar-refractivity contribution in [3.63, 3.8) is 0 Å². The first-order valence-corrected chi connectivity index (χ1v) is 18.8. The largest absolute Gasteiger partial charge is 0.311 e. The number of anilines is 3. The maximum absolute atomic E-state index is 2.34. The van der Waals surface area contributed by atoms with Crippen molar-refractivity contribution in [2.45, 2.75) is 0 Å². The van der Waals surface area contributed by atoms with E-state index in [9.17, 15) is 0 Å². The Morgan fingerprint density at radius 3 is 0.673 bits per heavy atom. The zero-order valence-corrected chi connectivity index (χ0v) is 30.5. The molecular formula is C54H39N. The maximum atomic E-state index is 2.34. The van der Waals surface area contributed by atoms with Gasteiger partial charge in [0, 0.05) is 17.1 Å². The normalized spacial score (nSPS) is 10.9. The summed E-state index contributed by atoms with van der Waals surface area (Å²) in [5.74, 6) is 0. The molecule has 0 aliphatic heterocycles. The van der Waals surface area contributed by atoms with Gasteiger partial charge in [-0.15, -0.1) is 0 Å². The zero-order valence-electron chi connectivity index (χ0n) is 30.5. The van der Waals surface area contributed by atoms with Gasteiger partial charge in [0.1, 0.15) is 0 Å². The molecule has 0 aromatic heterocycles. The van der Waals surface area contributed by atoms with E-state index in [0.29, 0.717) is 0 Å². The molecule has 9 aromatic rings. The van der Waals surface area contributed by atoms with E-state index in [1.165, 1.54) is 66.8 Å². The third kappa shape index (κ3) is 7.25. The van der Waals surface area contributed by atoms with E-state index in [0.717, 1.165) is 17.1 Å². The minimum atomic E-state index is 1.10. The molecular weight excluding hydrogens is 663 g/mol. The van der Waals surface area contributed by atoms with Gasteiger partial charge in [-0.2, -0.15) is 0 Å². The van der Waals surface area contributed by atoms with Crippen molar-refractivity contribution in [3.05, 3.63) is 237 Å². The lowest BCUT2D eigenvalue weighted by atomic mass is 9.93. The third-order valence-corrected chi connectivity index (χ3v) is 10.4. The van der Waals surface area contributed by atoms with E-state index in [-0.39, 0.29) is 0 Å². The summed E-state index contributed by atoms with van der Waals surface area (Å²) in [5.41, 5.74) is 17.8. The van der Waals surface area contributed by atoms with E-state index < -0.39 is 0 Å². The molecule has 260 valence electrons. The topological polar surface area (TPSA) is 3.24 Å². The Labute approximate surface area is 324 Å².